The van der Waals surface area contributed by atoms with Gasteiger partial charge in [-0.3, -0.25) is 0 Å². The monoisotopic (exact) mass is 198 g/mol. The van der Waals surface area contributed by atoms with Gasteiger partial charge in [0.2, 0.25) is 0 Å². The fourth-order valence-electron chi connectivity index (χ4n) is 2.34. The highest BCUT2D eigenvalue weighted by atomic mass is 16.5. The summed E-state index contributed by atoms with van der Waals surface area (Å²) in [4.78, 5) is 2.60. The molecule has 0 spiro atoms. The van der Waals surface area contributed by atoms with Gasteiger partial charge in [-0.15, -0.1) is 0 Å². The summed E-state index contributed by atoms with van der Waals surface area (Å²) in [6.45, 7) is 9.19. The highest BCUT2D eigenvalue weighted by Gasteiger charge is 2.24. The molecule has 14 heavy (non-hydrogen) atoms. The van der Waals surface area contributed by atoms with Gasteiger partial charge in [0.1, 0.15) is 0 Å². The third kappa shape index (κ3) is 2.69. The van der Waals surface area contributed by atoms with Crippen molar-refractivity contribution in [1.29, 1.82) is 0 Å². The molecule has 2 fully saturated rings. The first-order chi connectivity index (χ1) is 6.88. The van der Waals surface area contributed by atoms with Crippen LogP contribution in [0.15, 0.2) is 0 Å². The first kappa shape index (κ1) is 10.4. The summed E-state index contributed by atoms with van der Waals surface area (Å²) in [6.07, 6.45) is 3.00. The molecule has 0 atom stereocenters. The maximum atomic E-state index is 5.64. The van der Waals surface area contributed by atoms with Crippen LogP contribution in [0.5, 0.6) is 0 Å². The van der Waals surface area contributed by atoms with Gasteiger partial charge in [-0.25, -0.2) is 0 Å². The Morgan fingerprint density at radius 3 is 2.50 bits per heavy atom. The van der Waals surface area contributed by atoms with E-state index in [1.54, 1.807) is 0 Å². The third-order valence-electron chi connectivity index (χ3n) is 3.32. The molecule has 0 radical (unpaired) electrons. The summed E-state index contributed by atoms with van der Waals surface area (Å²) in [5.41, 5.74) is 0. The normalized spacial score (nSPS) is 26.4. The van der Waals surface area contributed by atoms with E-state index in [-0.39, 0.29) is 0 Å². The predicted molar refractivity (Wildman–Crippen MR) is 57.4 cm³/mol. The zero-order valence-corrected chi connectivity index (χ0v) is 9.17. The van der Waals surface area contributed by atoms with Crippen molar-refractivity contribution in [2.24, 2.45) is 5.92 Å². The van der Waals surface area contributed by atoms with Gasteiger partial charge in [-0.05, 0) is 25.7 Å². The lowest BCUT2D eigenvalue weighted by atomic mass is 10.0. The second kappa shape index (κ2) is 5.10. The highest BCUT2D eigenvalue weighted by Crippen LogP contribution is 2.15. The average molecular weight is 198 g/mol. The van der Waals surface area contributed by atoms with Crippen LogP contribution >= 0.6 is 0 Å². The largest absolute Gasteiger partial charge is 0.378 e. The smallest absolute Gasteiger partial charge is 0.0599 e. The summed E-state index contributed by atoms with van der Waals surface area (Å²) < 4.78 is 5.64. The van der Waals surface area contributed by atoms with Gasteiger partial charge >= 0.3 is 0 Å². The van der Waals surface area contributed by atoms with Crippen LogP contribution in [-0.2, 0) is 4.74 Å². The molecule has 0 amide bonds. The molecular weight excluding hydrogens is 176 g/mol. The van der Waals surface area contributed by atoms with Crippen LogP contribution in [0.25, 0.3) is 0 Å². The molecule has 0 aliphatic carbocycles. The molecule has 0 saturated carbocycles. The van der Waals surface area contributed by atoms with Gasteiger partial charge in [-0.2, -0.15) is 0 Å². The molecule has 0 unspecified atom stereocenters. The van der Waals surface area contributed by atoms with Crippen LogP contribution in [0.2, 0.25) is 0 Å². The number of nitrogens with zero attached hydrogens (tertiary/aromatic N) is 1. The number of rotatable bonds is 4. The van der Waals surface area contributed by atoms with Crippen molar-refractivity contribution >= 4 is 0 Å². The Morgan fingerprint density at radius 1 is 1.29 bits per heavy atom. The van der Waals surface area contributed by atoms with Gasteiger partial charge in [0.15, 0.2) is 0 Å². The van der Waals surface area contributed by atoms with E-state index >= 15 is 0 Å². The molecule has 0 aromatic heterocycles. The Morgan fingerprint density at radius 2 is 2.00 bits per heavy atom. The Hall–Kier alpha value is -0.120. The minimum atomic E-state index is 0.538. The molecule has 82 valence electrons. The quantitative estimate of drug-likeness (QED) is 0.720. The molecule has 0 bridgehead atoms. The van der Waals surface area contributed by atoms with Gasteiger partial charge in [-0.1, -0.05) is 0 Å². The number of nitrogens with one attached hydrogen (secondary N) is 1. The van der Waals surface area contributed by atoms with Crippen LogP contribution in [0, 0.1) is 5.92 Å². The van der Waals surface area contributed by atoms with Crippen molar-refractivity contribution in [2.75, 3.05) is 39.3 Å². The molecule has 2 saturated heterocycles. The first-order valence-electron chi connectivity index (χ1n) is 5.93. The first-order valence-corrected chi connectivity index (χ1v) is 5.93. The van der Waals surface area contributed by atoms with Gasteiger partial charge < -0.3 is 15.0 Å². The zero-order chi connectivity index (χ0) is 9.80. The third-order valence-corrected chi connectivity index (χ3v) is 3.32. The Labute approximate surface area is 86.8 Å². The Balaban J connectivity index is 1.62. The van der Waals surface area contributed by atoms with Crippen molar-refractivity contribution in [2.45, 2.75) is 25.9 Å². The van der Waals surface area contributed by atoms with E-state index in [2.05, 4.69) is 17.1 Å². The van der Waals surface area contributed by atoms with Crippen molar-refractivity contribution in [3.8, 4) is 0 Å². The maximum absolute atomic E-state index is 5.64. The molecule has 2 aliphatic rings. The molecule has 2 heterocycles. The summed E-state index contributed by atoms with van der Waals surface area (Å²) in [5, 5.41) is 3.33. The molecule has 0 aromatic rings. The van der Waals surface area contributed by atoms with E-state index in [4.69, 9.17) is 4.74 Å². The minimum absolute atomic E-state index is 0.538. The van der Waals surface area contributed by atoms with Crippen molar-refractivity contribution in [3.05, 3.63) is 0 Å². The second-order valence-corrected chi connectivity index (χ2v) is 4.48. The lowest BCUT2D eigenvalue weighted by Crippen LogP contribution is -2.50. The number of piperidine rings is 1. The molecule has 2 aliphatic heterocycles. The van der Waals surface area contributed by atoms with E-state index in [0.717, 1.165) is 12.5 Å². The SMILES string of the molecule is CCOC1CCN(CC2CNC2)CC1. The van der Waals surface area contributed by atoms with Crippen LogP contribution in [0.3, 0.4) is 0 Å². The molecule has 2 rings (SSSR count). The average Bonchev–Trinajstić information content (AvgIpc) is 2.14. The van der Waals surface area contributed by atoms with Crippen LogP contribution < -0.4 is 5.32 Å². The fraction of sp³-hybridized carbons (Fsp3) is 1.00. The molecular formula is C11H22N2O. The van der Waals surface area contributed by atoms with E-state index < -0.39 is 0 Å². The van der Waals surface area contributed by atoms with E-state index in [1.165, 1.54) is 45.6 Å². The van der Waals surface area contributed by atoms with Crippen LogP contribution in [-0.4, -0.2) is 50.3 Å². The topological polar surface area (TPSA) is 24.5 Å². The predicted octanol–water partition coefficient (Wildman–Crippen LogP) is 0.707. The van der Waals surface area contributed by atoms with Crippen molar-refractivity contribution < 1.29 is 4.74 Å². The van der Waals surface area contributed by atoms with E-state index in [9.17, 15) is 0 Å². The zero-order valence-electron chi connectivity index (χ0n) is 9.17. The van der Waals surface area contributed by atoms with Gasteiger partial charge in [0.25, 0.3) is 0 Å². The number of ether oxygens (including phenoxy) is 1. The van der Waals surface area contributed by atoms with Gasteiger partial charge in [0, 0.05) is 39.3 Å². The summed E-state index contributed by atoms with van der Waals surface area (Å²) in [5.74, 6) is 0.915. The highest BCUT2D eigenvalue weighted by molar-refractivity contribution is 4.81. The van der Waals surface area contributed by atoms with Crippen LogP contribution in [0.1, 0.15) is 19.8 Å². The van der Waals surface area contributed by atoms with Crippen molar-refractivity contribution in [1.82, 2.24) is 10.2 Å². The summed E-state index contributed by atoms with van der Waals surface area (Å²) in [7, 11) is 0. The fourth-order valence-corrected chi connectivity index (χ4v) is 2.34. The number of hydrogen-bond acceptors (Lipinski definition) is 3. The van der Waals surface area contributed by atoms with Crippen molar-refractivity contribution in [3.63, 3.8) is 0 Å². The second-order valence-electron chi connectivity index (χ2n) is 4.48. The Kier molecular flexibility index (Phi) is 3.79. The summed E-state index contributed by atoms with van der Waals surface area (Å²) in [6, 6.07) is 0. The van der Waals surface area contributed by atoms with E-state index in [1.807, 2.05) is 0 Å². The lowest BCUT2D eigenvalue weighted by Gasteiger charge is -2.37. The standard InChI is InChI=1S/C11H22N2O/c1-2-14-11-3-5-13(6-4-11)9-10-7-12-8-10/h10-12H,2-9H2,1H3. The molecule has 3 nitrogen and oxygen atoms in total. The lowest BCUT2D eigenvalue weighted by molar-refractivity contribution is 0.00924. The summed E-state index contributed by atoms with van der Waals surface area (Å²) >= 11 is 0. The number of likely N-dealkylation sites (tertiary alicyclic amines) is 1. The molecule has 3 heteroatoms. The van der Waals surface area contributed by atoms with Gasteiger partial charge in [0.05, 0.1) is 6.10 Å². The molecule has 0 aromatic carbocycles. The Bertz CT molecular complexity index is 163. The molecule has 1 N–H and O–H groups in total. The number of hydrogen-bond donors (Lipinski definition) is 1. The van der Waals surface area contributed by atoms with Crippen LogP contribution in [0.4, 0.5) is 0 Å². The maximum Gasteiger partial charge on any atom is 0.0599 e. The van der Waals surface area contributed by atoms with E-state index in [0.29, 0.717) is 6.10 Å². The minimum Gasteiger partial charge on any atom is -0.378 e.